The number of aromatic amines is 1. The number of rotatable bonds is 4. The number of nitrogens with one attached hydrogen (secondary N) is 2. The monoisotopic (exact) mass is 325 g/mol. The van der Waals surface area contributed by atoms with Gasteiger partial charge in [-0.05, 0) is 15.9 Å². The van der Waals surface area contributed by atoms with Gasteiger partial charge in [0.2, 0.25) is 0 Å². The first kappa shape index (κ1) is 13.4. The predicted octanol–water partition coefficient (Wildman–Crippen LogP) is 2.29. The average Bonchev–Trinajstić information content (AvgIpc) is 2.43. The molecule has 2 aromatic rings. The van der Waals surface area contributed by atoms with Crippen LogP contribution in [0.25, 0.3) is 0 Å². The molecule has 0 bridgehead atoms. The Labute approximate surface area is 117 Å². The van der Waals surface area contributed by atoms with E-state index in [0.29, 0.717) is 27.5 Å². The van der Waals surface area contributed by atoms with Crippen LogP contribution in [0, 0.1) is 0 Å². The van der Waals surface area contributed by atoms with E-state index in [-0.39, 0.29) is 5.56 Å². The van der Waals surface area contributed by atoms with Gasteiger partial charge in [-0.15, -0.1) is 0 Å². The molecule has 1 aromatic carbocycles. The second kappa shape index (κ2) is 5.75. The van der Waals surface area contributed by atoms with Crippen LogP contribution in [-0.4, -0.2) is 24.2 Å². The van der Waals surface area contributed by atoms with Crippen LogP contribution in [0.15, 0.2) is 33.8 Å². The van der Waals surface area contributed by atoms with Gasteiger partial charge in [0.15, 0.2) is 5.82 Å². The third-order valence-electron chi connectivity index (χ3n) is 2.41. The van der Waals surface area contributed by atoms with Crippen LogP contribution in [0.3, 0.4) is 0 Å². The van der Waals surface area contributed by atoms with Gasteiger partial charge >= 0.3 is 0 Å². The van der Waals surface area contributed by atoms with Gasteiger partial charge in [-0.3, -0.25) is 4.79 Å². The van der Waals surface area contributed by atoms with Crippen LogP contribution in [0.4, 0.5) is 11.5 Å². The summed E-state index contributed by atoms with van der Waals surface area (Å²) in [6.07, 6.45) is 1.33. The van der Waals surface area contributed by atoms with Crippen LogP contribution in [0.1, 0.15) is 0 Å². The maximum absolute atomic E-state index is 11.4. The zero-order valence-corrected chi connectivity index (χ0v) is 11.9. The fourth-order valence-electron chi connectivity index (χ4n) is 1.49. The number of methoxy groups -OCH3 is 2. The Morgan fingerprint density at radius 2 is 1.84 bits per heavy atom. The Bertz CT molecular complexity index is 620. The molecule has 19 heavy (non-hydrogen) atoms. The molecule has 1 heterocycles. The molecule has 0 saturated heterocycles. The van der Waals surface area contributed by atoms with Gasteiger partial charge in [0.05, 0.1) is 20.5 Å². The molecule has 0 radical (unpaired) electrons. The second-order valence-electron chi connectivity index (χ2n) is 3.62. The quantitative estimate of drug-likeness (QED) is 0.902. The van der Waals surface area contributed by atoms with Crippen molar-refractivity contribution in [2.45, 2.75) is 0 Å². The molecule has 0 amide bonds. The highest BCUT2D eigenvalue weighted by molar-refractivity contribution is 9.10. The van der Waals surface area contributed by atoms with E-state index in [1.165, 1.54) is 6.33 Å². The normalized spacial score (nSPS) is 10.1. The maximum Gasteiger partial charge on any atom is 0.267 e. The zero-order chi connectivity index (χ0) is 13.8. The first-order valence-corrected chi connectivity index (χ1v) is 6.16. The van der Waals surface area contributed by atoms with Crippen molar-refractivity contribution in [3.05, 3.63) is 39.4 Å². The molecule has 0 unspecified atom stereocenters. The Morgan fingerprint density at radius 1 is 1.21 bits per heavy atom. The van der Waals surface area contributed by atoms with Crippen LogP contribution in [0.5, 0.6) is 11.5 Å². The number of hydrogen-bond donors (Lipinski definition) is 2. The zero-order valence-electron chi connectivity index (χ0n) is 10.4. The Balaban J connectivity index is 2.37. The molecule has 0 spiro atoms. The molecular formula is C12H12BrN3O3. The molecule has 2 rings (SSSR count). The van der Waals surface area contributed by atoms with E-state index in [4.69, 9.17) is 9.47 Å². The highest BCUT2D eigenvalue weighted by atomic mass is 79.9. The van der Waals surface area contributed by atoms with Crippen molar-refractivity contribution in [1.29, 1.82) is 0 Å². The minimum Gasteiger partial charge on any atom is -0.497 e. The van der Waals surface area contributed by atoms with Crippen molar-refractivity contribution >= 4 is 27.4 Å². The first-order chi connectivity index (χ1) is 9.13. The minimum absolute atomic E-state index is 0.257. The fraction of sp³-hybridized carbons (Fsp3) is 0.167. The molecule has 0 saturated carbocycles. The van der Waals surface area contributed by atoms with E-state index in [1.54, 1.807) is 32.4 Å². The lowest BCUT2D eigenvalue weighted by molar-refractivity contribution is 0.395. The van der Waals surface area contributed by atoms with Gasteiger partial charge in [-0.25, -0.2) is 4.98 Å². The summed E-state index contributed by atoms with van der Waals surface area (Å²) >= 11 is 3.18. The van der Waals surface area contributed by atoms with Gasteiger partial charge in [-0.1, -0.05) is 0 Å². The summed E-state index contributed by atoms with van der Waals surface area (Å²) in [5.74, 6) is 1.70. The predicted molar refractivity (Wildman–Crippen MR) is 75.4 cm³/mol. The van der Waals surface area contributed by atoms with Crippen LogP contribution < -0.4 is 20.3 Å². The van der Waals surface area contributed by atoms with Crippen molar-refractivity contribution in [1.82, 2.24) is 9.97 Å². The van der Waals surface area contributed by atoms with Crippen molar-refractivity contribution in [2.75, 3.05) is 19.5 Å². The van der Waals surface area contributed by atoms with E-state index in [1.807, 2.05) is 0 Å². The van der Waals surface area contributed by atoms with Crippen LogP contribution >= 0.6 is 15.9 Å². The van der Waals surface area contributed by atoms with E-state index in [0.717, 1.165) is 0 Å². The molecule has 6 nitrogen and oxygen atoms in total. The van der Waals surface area contributed by atoms with Gasteiger partial charge in [0.1, 0.15) is 16.0 Å². The number of anilines is 2. The van der Waals surface area contributed by atoms with Crippen molar-refractivity contribution in [2.24, 2.45) is 0 Å². The summed E-state index contributed by atoms with van der Waals surface area (Å²) < 4.78 is 10.7. The molecular weight excluding hydrogens is 314 g/mol. The molecule has 1 aromatic heterocycles. The van der Waals surface area contributed by atoms with Crippen molar-refractivity contribution in [3.63, 3.8) is 0 Å². The summed E-state index contributed by atoms with van der Waals surface area (Å²) in [5.41, 5.74) is 0.447. The van der Waals surface area contributed by atoms with Crippen molar-refractivity contribution < 1.29 is 9.47 Å². The minimum atomic E-state index is -0.257. The standard InChI is InChI=1S/C12H12BrN3O3/c1-18-8-3-7(4-9(5-8)19-2)16-11-10(13)12(17)15-6-14-11/h3-6H,1-2H3,(H2,14,15,16,17). The van der Waals surface area contributed by atoms with E-state index >= 15 is 0 Å². The Hall–Kier alpha value is -2.02. The highest BCUT2D eigenvalue weighted by Gasteiger charge is 2.07. The lowest BCUT2D eigenvalue weighted by atomic mass is 10.2. The highest BCUT2D eigenvalue weighted by Crippen LogP contribution is 2.28. The van der Waals surface area contributed by atoms with E-state index in [2.05, 4.69) is 31.2 Å². The summed E-state index contributed by atoms with van der Waals surface area (Å²) in [5, 5.41) is 3.02. The van der Waals surface area contributed by atoms with Crippen LogP contribution in [0.2, 0.25) is 0 Å². The SMILES string of the molecule is COc1cc(Nc2nc[nH]c(=O)c2Br)cc(OC)c1. The number of aromatic nitrogens is 2. The Morgan fingerprint density at radius 3 is 2.42 bits per heavy atom. The third-order valence-corrected chi connectivity index (χ3v) is 3.15. The fourth-order valence-corrected chi connectivity index (χ4v) is 1.80. The summed E-state index contributed by atoms with van der Waals surface area (Å²) in [6.45, 7) is 0. The summed E-state index contributed by atoms with van der Waals surface area (Å²) in [4.78, 5) is 18.0. The van der Waals surface area contributed by atoms with E-state index in [9.17, 15) is 4.79 Å². The molecule has 7 heteroatoms. The van der Waals surface area contributed by atoms with Gasteiger partial charge in [-0.2, -0.15) is 0 Å². The van der Waals surface area contributed by atoms with Gasteiger partial charge in [0, 0.05) is 23.9 Å². The number of hydrogen-bond acceptors (Lipinski definition) is 5. The van der Waals surface area contributed by atoms with Gasteiger partial charge in [0.25, 0.3) is 5.56 Å². The number of nitrogens with zero attached hydrogens (tertiary/aromatic N) is 1. The molecule has 0 aliphatic heterocycles. The summed E-state index contributed by atoms with van der Waals surface area (Å²) in [7, 11) is 3.14. The third kappa shape index (κ3) is 3.05. The van der Waals surface area contributed by atoms with E-state index < -0.39 is 0 Å². The largest absolute Gasteiger partial charge is 0.497 e. The topological polar surface area (TPSA) is 76.2 Å². The molecule has 0 fully saturated rings. The number of H-pyrrole nitrogens is 1. The lowest BCUT2D eigenvalue weighted by Gasteiger charge is -2.10. The van der Waals surface area contributed by atoms with Crippen molar-refractivity contribution in [3.8, 4) is 11.5 Å². The molecule has 0 atom stereocenters. The second-order valence-corrected chi connectivity index (χ2v) is 4.41. The Kier molecular flexibility index (Phi) is 4.06. The van der Waals surface area contributed by atoms with Gasteiger partial charge < -0.3 is 19.8 Å². The smallest absolute Gasteiger partial charge is 0.267 e. The number of halogens is 1. The van der Waals surface area contributed by atoms with Crippen LogP contribution in [-0.2, 0) is 0 Å². The lowest BCUT2D eigenvalue weighted by Crippen LogP contribution is -2.10. The molecule has 0 aliphatic carbocycles. The molecule has 100 valence electrons. The molecule has 2 N–H and O–H groups in total. The average molecular weight is 326 g/mol. The first-order valence-electron chi connectivity index (χ1n) is 5.37. The summed E-state index contributed by atoms with van der Waals surface area (Å²) in [6, 6.07) is 5.31. The number of benzene rings is 1. The maximum atomic E-state index is 11.4. The number of ether oxygens (including phenoxy) is 2. The molecule has 0 aliphatic rings.